The Hall–Kier alpha value is -0.580. The zero-order valence-corrected chi connectivity index (χ0v) is 12.4. The predicted octanol–water partition coefficient (Wildman–Crippen LogP) is 2.34. The Balaban J connectivity index is 2.17. The van der Waals surface area contributed by atoms with Gasteiger partial charge in [0.2, 0.25) is 0 Å². The predicted molar refractivity (Wildman–Crippen MR) is 73.6 cm³/mol. The molecule has 0 spiro atoms. The largest absolute Gasteiger partial charge is 0.481 e. The molecule has 1 aliphatic carbocycles. The summed E-state index contributed by atoms with van der Waals surface area (Å²) in [5.74, 6) is -0.524. The van der Waals surface area contributed by atoms with Crippen LogP contribution in [0.3, 0.4) is 0 Å². The smallest absolute Gasteiger partial charge is 0.307 e. The maximum atomic E-state index is 11.7. The van der Waals surface area contributed by atoms with Crippen molar-refractivity contribution in [3.63, 3.8) is 0 Å². The number of carbonyl (C=O) groups is 1. The van der Waals surface area contributed by atoms with E-state index >= 15 is 0 Å². The molecule has 1 saturated carbocycles. The Morgan fingerprint density at radius 2 is 1.95 bits per heavy atom. The normalized spacial score (nSPS) is 35.9. The lowest BCUT2D eigenvalue weighted by molar-refractivity contribution is -0.147. The van der Waals surface area contributed by atoms with Crippen molar-refractivity contribution in [3.05, 3.63) is 0 Å². The molecule has 2 rings (SSSR count). The molecule has 1 heterocycles. The van der Waals surface area contributed by atoms with Crippen molar-refractivity contribution in [3.8, 4) is 0 Å². The number of carboxylic acids is 1. The number of aliphatic carboxylic acids is 1. The van der Waals surface area contributed by atoms with E-state index in [1.807, 2.05) is 0 Å². The molecule has 110 valence electrons. The molecule has 0 aromatic rings. The van der Waals surface area contributed by atoms with Gasteiger partial charge in [0.15, 0.2) is 9.84 Å². The molecule has 0 aromatic heterocycles. The van der Waals surface area contributed by atoms with E-state index in [1.165, 1.54) is 6.42 Å². The van der Waals surface area contributed by atoms with Crippen molar-refractivity contribution >= 4 is 15.8 Å². The molecular formula is C14H24O4S. The van der Waals surface area contributed by atoms with Gasteiger partial charge in [0.25, 0.3) is 0 Å². The van der Waals surface area contributed by atoms with Gasteiger partial charge in [-0.25, -0.2) is 8.42 Å². The fourth-order valence-electron chi connectivity index (χ4n) is 4.06. The highest BCUT2D eigenvalue weighted by Crippen LogP contribution is 2.42. The quantitative estimate of drug-likeness (QED) is 0.862. The van der Waals surface area contributed by atoms with Crippen molar-refractivity contribution in [1.29, 1.82) is 0 Å². The van der Waals surface area contributed by atoms with Gasteiger partial charge < -0.3 is 5.11 Å². The first kappa shape index (κ1) is 14.8. The van der Waals surface area contributed by atoms with Crippen LogP contribution in [0.5, 0.6) is 0 Å². The second kappa shape index (κ2) is 5.81. The summed E-state index contributed by atoms with van der Waals surface area (Å²) < 4.78 is 23.2. The summed E-state index contributed by atoms with van der Waals surface area (Å²) in [4.78, 5) is 11.7. The van der Waals surface area contributed by atoms with E-state index in [0.717, 1.165) is 25.7 Å². The van der Waals surface area contributed by atoms with E-state index in [1.54, 1.807) is 0 Å². The van der Waals surface area contributed by atoms with Gasteiger partial charge in [0, 0.05) is 0 Å². The van der Waals surface area contributed by atoms with Crippen molar-refractivity contribution in [2.45, 2.75) is 45.4 Å². The van der Waals surface area contributed by atoms with E-state index < -0.39 is 21.7 Å². The van der Waals surface area contributed by atoms with Gasteiger partial charge in [-0.2, -0.15) is 0 Å². The highest BCUT2D eigenvalue weighted by atomic mass is 32.2. The van der Waals surface area contributed by atoms with Gasteiger partial charge in [-0.1, -0.05) is 32.6 Å². The van der Waals surface area contributed by atoms with Gasteiger partial charge in [-0.3, -0.25) is 4.79 Å². The second-order valence-corrected chi connectivity index (χ2v) is 8.37. The standard InChI is InChI=1S/C14H24O4S/c1-2-10-5-3-4-6-12(10)13(14(15)16)11-7-8-19(17,18)9-11/h10-13H,2-9H2,1H3,(H,15,16). The number of hydrogen-bond donors (Lipinski definition) is 1. The molecule has 2 aliphatic rings. The Kier molecular flexibility index (Phi) is 4.54. The molecule has 4 nitrogen and oxygen atoms in total. The van der Waals surface area contributed by atoms with Crippen LogP contribution >= 0.6 is 0 Å². The van der Waals surface area contributed by atoms with Crippen LogP contribution in [0.4, 0.5) is 0 Å². The minimum absolute atomic E-state index is 0.0803. The minimum Gasteiger partial charge on any atom is -0.481 e. The van der Waals surface area contributed by atoms with E-state index in [-0.39, 0.29) is 23.3 Å². The van der Waals surface area contributed by atoms with Crippen LogP contribution < -0.4 is 0 Å². The topological polar surface area (TPSA) is 71.4 Å². The summed E-state index contributed by atoms with van der Waals surface area (Å²) in [5, 5.41) is 9.57. The highest BCUT2D eigenvalue weighted by molar-refractivity contribution is 7.91. The maximum absolute atomic E-state index is 11.7. The van der Waals surface area contributed by atoms with Crippen molar-refractivity contribution in [2.24, 2.45) is 23.7 Å². The maximum Gasteiger partial charge on any atom is 0.307 e. The van der Waals surface area contributed by atoms with Crippen LogP contribution in [-0.4, -0.2) is 31.0 Å². The average molecular weight is 288 g/mol. The summed E-state index contributed by atoms with van der Waals surface area (Å²) in [6, 6.07) is 0. The Bertz CT molecular complexity index is 429. The molecular weight excluding hydrogens is 264 g/mol. The number of carboxylic acid groups (broad SMARTS) is 1. The molecule has 1 saturated heterocycles. The molecule has 0 aromatic carbocycles. The SMILES string of the molecule is CCC1CCCCC1C(C(=O)O)C1CCS(=O)(=O)C1. The first-order chi connectivity index (χ1) is 8.94. The zero-order chi connectivity index (χ0) is 14.0. The average Bonchev–Trinajstić information content (AvgIpc) is 2.70. The molecule has 0 amide bonds. The number of hydrogen-bond acceptors (Lipinski definition) is 3. The van der Waals surface area contributed by atoms with Crippen molar-refractivity contribution in [1.82, 2.24) is 0 Å². The van der Waals surface area contributed by atoms with Gasteiger partial charge in [-0.05, 0) is 30.6 Å². The van der Waals surface area contributed by atoms with E-state index in [9.17, 15) is 18.3 Å². The second-order valence-electron chi connectivity index (χ2n) is 6.14. The third-order valence-corrected chi connectivity index (χ3v) is 6.81. The number of sulfone groups is 1. The number of rotatable bonds is 4. The summed E-state index contributed by atoms with van der Waals surface area (Å²) in [6.45, 7) is 2.12. The Morgan fingerprint density at radius 3 is 2.47 bits per heavy atom. The van der Waals surface area contributed by atoms with Gasteiger partial charge >= 0.3 is 5.97 Å². The van der Waals surface area contributed by atoms with Gasteiger partial charge in [-0.15, -0.1) is 0 Å². The molecule has 4 atom stereocenters. The molecule has 0 bridgehead atoms. The lowest BCUT2D eigenvalue weighted by atomic mass is 9.67. The van der Waals surface area contributed by atoms with E-state index in [0.29, 0.717) is 12.3 Å². The molecule has 1 aliphatic heterocycles. The van der Waals surface area contributed by atoms with Gasteiger partial charge in [0.05, 0.1) is 17.4 Å². The summed E-state index contributed by atoms with van der Waals surface area (Å²) in [6.07, 6.45) is 5.87. The van der Waals surface area contributed by atoms with Crippen molar-refractivity contribution in [2.75, 3.05) is 11.5 Å². The van der Waals surface area contributed by atoms with Crippen LogP contribution in [0.2, 0.25) is 0 Å². The van der Waals surface area contributed by atoms with Gasteiger partial charge in [0.1, 0.15) is 0 Å². The third-order valence-electron chi connectivity index (χ3n) is 5.01. The lowest BCUT2D eigenvalue weighted by Crippen LogP contribution is -2.37. The summed E-state index contributed by atoms with van der Waals surface area (Å²) in [5.41, 5.74) is 0. The van der Waals surface area contributed by atoms with Crippen molar-refractivity contribution < 1.29 is 18.3 Å². The fraction of sp³-hybridized carbons (Fsp3) is 0.929. The summed E-state index contributed by atoms with van der Waals surface area (Å²) in [7, 11) is -3.00. The highest BCUT2D eigenvalue weighted by Gasteiger charge is 2.44. The monoisotopic (exact) mass is 288 g/mol. The molecule has 19 heavy (non-hydrogen) atoms. The van der Waals surface area contributed by atoms with Crippen LogP contribution in [0, 0.1) is 23.7 Å². The molecule has 5 heteroatoms. The summed E-state index contributed by atoms with van der Waals surface area (Å²) >= 11 is 0. The molecule has 2 fully saturated rings. The first-order valence-corrected chi connectivity index (χ1v) is 9.20. The minimum atomic E-state index is -3.00. The molecule has 1 N–H and O–H groups in total. The first-order valence-electron chi connectivity index (χ1n) is 7.38. The van der Waals surface area contributed by atoms with Crippen LogP contribution in [0.25, 0.3) is 0 Å². The Labute approximate surface area is 115 Å². The zero-order valence-electron chi connectivity index (χ0n) is 11.5. The molecule has 0 radical (unpaired) electrons. The molecule has 4 unspecified atom stereocenters. The van der Waals surface area contributed by atoms with E-state index in [4.69, 9.17) is 0 Å². The van der Waals surface area contributed by atoms with Crippen LogP contribution in [0.15, 0.2) is 0 Å². The lowest BCUT2D eigenvalue weighted by Gasteiger charge is -2.37. The van der Waals surface area contributed by atoms with E-state index in [2.05, 4.69) is 6.92 Å². The Morgan fingerprint density at radius 1 is 1.26 bits per heavy atom. The van der Waals surface area contributed by atoms with Crippen LogP contribution in [-0.2, 0) is 14.6 Å². The van der Waals surface area contributed by atoms with Crippen LogP contribution in [0.1, 0.15) is 45.4 Å². The third kappa shape index (κ3) is 3.30. The fourth-order valence-corrected chi connectivity index (χ4v) is 5.91.